The minimum Gasteiger partial charge on any atom is -0.491 e. The Labute approximate surface area is 117 Å². The lowest BCUT2D eigenvalue weighted by Crippen LogP contribution is -2.38. The first-order chi connectivity index (χ1) is 9.52. The van der Waals surface area contributed by atoms with E-state index in [-0.39, 0.29) is 19.7 Å². The molecule has 1 aromatic rings. The van der Waals surface area contributed by atoms with E-state index in [0.29, 0.717) is 5.75 Å². The van der Waals surface area contributed by atoms with E-state index in [0.717, 1.165) is 12.0 Å². The second-order valence-corrected chi connectivity index (χ2v) is 4.53. The molecule has 4 nitrogen and oxygen atoms in total. The predicted molar refractivity (Wildman–Crippen MR) is 72.2 cm³/mol. The van der Waals surface area contributed by atoms with Crippen molar-refractivity contribution in [2.75, 3.05) is 19.7 Å². The minimum absolute atomic E-state index is 0.0605. The van der Waals surface area contributed by atoms with Crippen LogP contribution in [0.5, 0.6) is 5.75 Å². The number of aliphatic hydroxyl groups is 2. The molecule has 114 valence electrons. The number of hydrogen-bond acceptors (Lipinski definition) is 4. The van der Waals surface area contributed by atoms with Crippen molar-refractivity contribution < 1.29 is 23.7 Å². The van der Waals surface area contributed by atoms with Gasteiger partial charge < -0.3 is 20.3 Å². The van der Waals surface area contributed by atoms with Gasteiger partial charge in [0.15, 0.2) is 0 Å². The van der Waals surface area contributed by atoms with Gasteiger partial charge in [0.2, 0.25) is 0 Å². The second-order valence-electron chi connectivity index (χ2n) is 4.53. The third kappa shape index (κ3) is 6.27. The van der Waals surface area contributed by atoms with Crippen LogP contribution in [-0.4, -0.2) is 48.5 Å². The van der Waals surface area contributed by atoms with Gasteiger partial charge in [-0.15, -0.1) is 0 Å². The molecule has 3 N–H and O–H groups in total. The van der Waals surface area contributed by atoms with Gasteiger partial charge in [-0.2, -0.15) is 0 Å². The number of halogens is 2. The largest absolute Gasteiger partial charge is 0.491 e. The molecule has 0 fully saturated rings. The smallest absolute Gasteiger partial charge is 0.265 e. The van der Waals surface area contributed by atoms with Gasteiger partial charge in [-0.25, -0.2) is 8.78 Å². The summed E-state index contributed by atoms with van der Waals surface area (Å²) < 4.78 is 29.4. The standard InChI is InChI=1S/C14H21F2NO3/c1-2-10-4-3-5-12(6-10)20-9-11(18)7-17-8-13(19)14(15)16/h3-6,11,13-14,17-19H,2,7-9H2,1H3. The van der Waals surface area contributed by atoms with Gasteiger partial charge in [-0.1, -0.05) is 19.1 Å². The first-order valence-corrected chi connectivity index (χ1v) is 6.59. The van der Waals surface area contributed by atoms with Crippen LogP contribution in [0.1, 0.15) is 12.5 Å². The molecule has 0 heterocycles. The summed E-state index contributed by atoms with van der Waals surface area (Å²) in [5, 5.41) is 21.1. The number of hydrogen-bond donors (Lipinski definition) is 3. The maximum atomic E-state index is 12.0. The molecular formula is C14H21F2NO3. The highest BCUT2D eigenvalue weighted by atomic mass is 19.3. The third-order valence-corrected chi connectivity index (χ3v) is 2.77. The first kappa shape index (κ1) is 16.8. The van der Waals surface area contributed by atoms with Gasteiger partial charge in [0, 0.05) is 13.1 Å². The van der Waals surface area contributed by atoms with Crippen molar-refractivity contribution in [1.29, 1.82) is 0 Å². The van der Waals surface area contributed by atoms with Gasteiger partial charge in [0.05, 0.1) is 0 Å². The molecule has 0 aliphatic rings. The zero-order valence-corrected chi connectivity index (χ0v) is 11.4. The Balaban J connectivity index is 2.24. The lowest BCUT2D eigenvalue weighted by Gasteiger charge is -2.15. The molecule has 0 saturated carbocycles. The van der Waals surface area contributed by atoms with E-state index < -0.39 is 18.6 Å². The molecule has 0 aliphatic carbocycles. The molecule has 0 spiro atoms. The third-order valence-electron chi connectivity index (χ3n) is 2.77. The van der Waals surface area contributed by atoms with Crippen LogP contribution in [0.25, 0.3) is 0 Å². The number of aliphatic hydroxyl groups excluding tert-OH is 2. The fourth-order valence-corrected chi connectivity index (χ4v) is 1.59. The summed E-state index contributed by atoms with van der Waals surface area (Å²) in [5.74, 6) is 0.663. The molecule has 0 aromatic heterocycles. The number of ether oxygens (including phenoxy) is 1. The van der Waals surface area contributed by atoms with E-state index in [1.807, 2.05) is 25.1 Å². The minimum atomic E-state index is -2.78. The van der Waals surface area contributed by atoms with E-state index in [1.165, 1.54) is 0 Å². The van der Waals surface area contributed by atoms with E-state index >= 15 is 0 Å². The van der Waals surface area contributed by atoms with Crippen molar-refractivity contribution in [3.8, 4) is 5.75 Å². The summed E-state index contributed by atoms with van der Waals surface area (Å²) in [6.45, 7) is 1.91. The average molecular weight is 289 g/mol. The van der Waals surface area contributed by atoms with Crippen molar-refractivity contribution in [2.45, 2.75) is 32.0 Å². The SMILES string of the molecule is CCc1cccc(OCC(O)CNCC(O)C(F)F)c1. The number of alkyl halides is 2. The number of aryl methyl sites for hydroxylation is 1. The van der Waals surface area contributed by atoms with Crippen LogP contribution < -0.4 is 10.1 Å². The van der Waals surface area contributed by atoms with Crippen molar-refractivity contribution in [1.82, 2.24) is 5.32 Å². The molecule has 2 unspecified atom stereocenters. The predicted octanol–water partition coefficient (Wildman–Crippen LogP) is 1.20. The summed E-state index contributed by atoms with van der Waals surface area (Å²) in [7, 11) is 0. The highest BCUT2D eigenvalue weighted by molar-refractivity contribution is 5.28. The molecule has 6 heteroatoms. The van der Waals surface area contributed by atoms with Crippen molar-refractivity contribution in [3.63, 3.8) is 0 Å². The molecule has 0 amide bonds. The van der Waals surface area contributed by atoms with Gasteiger partial charge >= 0.3 is 0 Å². The molecular weight excluding hydrogens is 268 g/mol. The van der Waals surface area contributed by atoms with Gasteiger partial charge in [-0.05, 0) is 24.1 Å². The van der Waals surface area contributed by atoms with Gasteiger partial charge in [0.25, 0.3) is 6.43 Å². The summed E-state index contributed by atoms with van der Waals surface area (Å²) in [6.07, 6.45) is -4.44. The number of rotatable bonds is 9. The molecule has 1 aromatic carbocycles. The topological polar surface area (TPSA) is 61.7 Å². The van der Waals surface area contributed by atoms with Crippen LogP contribution in [0.2, 0.25) is 0 Å². The zero-order valence-electron chi connectivity index (χ0n) is 11.4. The quantitative estimate of drug-likeness (QED) is 0.639. The fourth-order valence-electron chi connectivity index (χ4n) is 1.59. The molecule has 2 atom stereocenters. The van der Waals surface area contributed by atoms with Crippen molar-refractivity contribution in [3.05, 3.63) is 29.8 Å². The lowest BCUT2D eigenvalue weighted by atomic mass is 10.2. The second kappa shape index (κ2) is 8.84. The summed E-state index contributed by atoms with van der Waals surface area (Å²) in [6, 6.07) is 7.54. The Kier molecular flexibility index (Phi) is 7.43. The molecule has 1 rings (SSSR count). The Hall–Kier alpha value is -1.24. The molecule has 20 heavy (non-hydrogen) atoms. The Morgan fingerprint density at radius 2 is 2.00 bits per heavy atom. The van der Waals surface area contributed by atoms with Crippen molar-refractivity contribution >= 4 is 0 Å². The molecule has 0 aliphatic heterocycles. The lowest BCUT2D eigenvalue weighted by molar-refractivity contribution is -0.00529. The van der Waals surface area contributed by atoms with E-state index in [1.54, 1.807) is 6.07 Å². The Morgan fingerprint density at radius 1 is 1.25 bits per heavy atom. The normalized spacial score (nSPS) is 14.3. The average Bonchev–Trinajstić information content (AvgIpc) is 2.45. The van der Waals surface area contributed by atoms with E-state index in [2.05, 4.69) is 5.32 Å². The van der Waals surface area contributed by atoms with Crippen LogP contribution >= 0.6 is 0 Å². The van der Waals surface area contributed by atoms with Crippen LogP contribution in [-0.2, 0) is 6.42 Å². The van der Waals surface area contributed by atoms with Crippen LogP contribution in [0.4, 0.5) is 8.78 Å². The maximum Gasteiger partial charge on any atom is 0.265 e. The fraction of sp³-hybridized carbons (Fsp3) is 0.571. The van der Waals surface area contributed by atoms with Gasteiger partial charge in [-0.3, -0.25) is 0 Å². The summed E-state index contributed by atoms with van der Waals surface area (Å²) >= 11 is 0. The van der Waals surface area contributed by atoms with Crippen LogP contribution in [0, 0.1) is 0 Å². The first-order valence-electron chi connectivity index (χ1n) is 6.59. The highest BCUT2D eigenvalue weighted by Gasteiger charge is 2.16. The van der Waals surface area contributed by atoms with Crippen LogP contribution in [0.3, 0.4) is 0 Å². The number of nitrogens with one attached hydrogen (secondary N) is 1. The molecule has 0 bridgehead atoms. The van der Waals surface area contributed by atoms with E-state index in [4.69, 9.17) is 9.84 Å². The van der Waals surface area contributed by atoms with Crippen molar-refractivity contribution in [2.24, 2.45) is 0 Å². The van der Waals surface area contributed by atoms with Crippen LogP contribution in [0.15, 0.2) is 24.3 Å². The Morgan fingerprint density at radius 3 is 2.65 bits per heavy atom. The Bertz CT molecular complexity index is 390. The summed E-state index contributed by atoms with van der Waals surface area (Å²) in [5.41, 5.74) is 1.13. The maximum absolute atomic E-state index is 12.0. The number of benzene rings is 1. The molecule has 0 radical (unpaired) electrons. The molecule has 0 saturated heterocycles. The summed E-state index contributed by atoms with van der Waals surface area (Å²) in [4.78, 5) is 0. The van der Waals surface area contributed by atoms with E-state index in [9.17, 15) is 13.9 Å². The zero-order chi connectivity index (χ0) is 15.0. The van der Waals surface area contributed by atoms with Gasteiger partial charge in [0.1, 0.15) is 24.6 Å². The highest BCUT2D eigenvalue weighted by Crippen LogP contribution is 2.13. The monoisotopic (exact) mass is 289 g/mol.